The lowest BCUT2D eigenvalue weighted by Crippen LogP contribution is -2.27. The maximum absolute atomic E-state index is 5.68. The lowest BCUT2D eigenvalue weighted by atomic mass is 10.2. The lowest BCUT2D eigenvalue weighted by Gasteiger charge is -2.21. The molecule has 0 aliphatic carbocycles. The van der Waals surface area contributed by atoms with Gasteiger partial charge in [0.15, 0.2) is 0 Å². The molecule has 0 unspecified atom stereocenters. The molecule has 84 valence electrons. The van der Waals surface area contributed by atoms with Crippen molar-refractivity contribution in [2.45, 2.75) is 46.5 Å². The second kappa shape index (κ2) is 9.54. The zero-order valence-electron chi connectivity index (χ0n) is 9.85. The second-order valence-corrected chi connectivity index (χ2v) is 4.16. The van der Waals surface area contributed by atoms with Crippen LogP contribution in [0.1, 0.15) is 46.5 Å². The van der Waals surface area contributed by atoms with E-state index in [9.17, 15) is 0 Å². The van der Waals surface area contributed by atoms with E-state index < -0.39 is 0 Å². The molecule has 0 N–H and O–H groups in total. The maximum atomic E-state index is 5.68. The number of hydrogen-bond acceptors (Lipinski definition) is 1. The van der Waals surface area contributed by atoms with E-state index in [0.29, 0.717) is 0 Å². The smallest absolute Gasteiger partial charge is 0.0201 e. The molecule has 0 amide bonds. The largest absolute Gasteiger partial charge is 0.299 e. The van der Waals surface area contributed by atoms with E-state index in [1.807, 2.05) is 0 Å². The van der Waals surface area contributed by atoms with Gasteiger partial charge in [0.1, 0.15) is 0 Å². The van der Waals surface area contributed by atoms with E-state index in [0.717, 1.165) is 6.54 Å². The van der Waals surface area contributed by atoms with Crippen LogP contribution in [-0.4, -0.2) is 24.5 Å². The molecule has 0 saturated carbocycles. The van der Waals surface area contributed by atoms with Crippen molar-refractivity contribution in [3.8, 4) is 0 Å². The van der Waals surface area contributed by atoms with Crippen molar-refractivity contribution in [1.82, 2.24) is 4.90 Å². The molecular weight excluding hydrogens is 194 g/mol. The van der Waals surface area contributed by atoms with Gasteiger partial charge in [0.05, 0.1) is 0 Å². The minimum Gasteiger partial charge on any atom is -0.299 e. The predicted octanol–water partition coefficient (Wildman–Crippen LogP) is 4.03. The van der Waals surface area contributed by atoms with Gasteiger partial charge < -0.3 is 0 Å². The van der Waals surface area contributed by atoms with E-state index >= 15 is 0 Å². The van der Waals surface area contributed by atoms with E-state index in [4.69, 9.17) is 11.6 Å². The number of hydrogen-bond donors (Lipinski definition) is 0. The Labute approximate surface area is 94.1 Å². The summed E-state index contributed by atoms with van der Waals surface area (Å²) < 4.78 is 0. The van der Waals surface area contributed by atoms with Gasteiger partial charge in [0, 0.05) is 12.1 Å². The molecule has 0 bridgehead atoms. The molecule has 0 saturated heterocycles. The van der Waals surface area contributed by atoms with Crippen molar-refractivity contribution in [3.63, 3.8) is 0 Å². The van der Waals surface area contributed by atoms with E-state index in [-0.39, 0.29) is 0 Å². The summed E-state index contributed by atoms with van der Waals surface area (Å²) in [7, 11) is 0. The highest BCUT2D eigenvalue weighted by Crippen LogP contribution is 2.04. The average Bonchev–Trinajstić information content (AvgIpc) is 2.21. The Bertz CT molecular complexity index is 146. The quantitative estimate of drug-likeness (QED) is 0.594. The van der Waals surface area contributed by atoms with Crippen LogP contribution in [0.15, 0.2) is 11.1 Å². The normalized spacial score (nSPS) is 12.5. The Morgan fingerprint density at radius 3 is 2.00 bits per heavy atom. The first-order chi connectivity index (χ1) is 6.74. The van der Waals surface area contributed by atoms with Crippen LogP contribution in [0, 0.1) is 0 Å². The third-order valence-electron chi connectivity index (χ3n) is 2.32. The van der Waals surface area contributed by atoms with Crippen molar-refractivity contribution in [3.05, 3.63) is 11.1 Å². The molecule has 0 spiro atoms. The number of halogens is 1. The number of rotatable bonds is 8. The zero-order valence-corrected chi connectivity index (χ0v) is 10.6. The molecule has 0 aromatic rings. The van der Waals surface area contributed by atoms with Gasteiger partial charge in [-0.2, -0.15) is 0 Å². The SMILES string of the molecule is CCCCN(CCCC)C/C(C)=C/Cl. The highest BCUT2D eigenvalue weighted by Gasteiger charge is 2.03. The second-order valence-electron chi connectivity index (χ2n) is 3.94. The summed E-state index contributed by atoms with van der Waals surface area (Å²) in [4.78, 5) is 2.50. The Hall–Kier alpha value is -0.0100. The highest BCUT2D eigenvalue weighted by atomic mass is 35.5. The van der Waals surface area contributed by atoms with Gasteiger partial charge >= 0.3 is 0 Å². The average molecular weight is 218 g/mol. The first-order valence-corrected chi connectivity index (χ1v) is 6.16. The Kier molecular flexibility index (Phi) is 9.53. The monoisotopic (exact) mass is 217 g/mol. The van der Waals surface area contributed by atoms with Crippen molar-refractivity contribution in [2.75, 3.05) is 19.6 Å². The first kappa shape index (κ1) is 14.0. The Morgan fingerprint density at radius 1 is 1.14 bits per heavy atom. The molecule has 0 aliphatic heterocycles. The van der Waals surface area contributed by atoms with Crippen LogP contribution >= 0.6 is 11.6 Å². The third kappa shape index (κ3) is 7.40. The fourth-order valence-corrected chi connectivity index (χ4v) is 1.49. The minimum atomic E-state index is 1.03. The van der Waals surface area contributed by atoms with Crippen molar-refractivity contribution >= 4 is 11.6 Å². The fraction of sp³-hybridized carbons (Fsp3) is 0.833. The van der Waals surface area contributed by atoms with Gasteiger partial charge in [-0.15, -0.1) is 0 Å². The van der Waals surface area contributed by atoms with Crippen molar-refractivity contribution in [2.24, 2.45) is 0 Å². The number of unbranched alkanes of at least 4 members (excludes halogenated alkanes) is 2. The summed E-state index contributed by atoms with van der Waals surface area (Å²) in [5.41, 5.74) is 2.96. The summed E-state index contributed by atoms with van der Waals surface area (Å²) in [6, 6.07) is 0. The Balaban J connectivity index is 3.83. The molecule has 1 nitrogen and oxygen atoms in total. The summed E-state index contributed by atoms with van der Waals surface area (Å²) in [5.74, 6) is 0. The van der Waals surface area contributed by atoms with E-state index in [1.165, 1.54) is 44.3 Å². The van der Waals surface area contributed by atoms with Gasteiger partial charge in [-0.05, 0) is 38.4 Å². The minimum absolute atomic E-state index is 1.03. The van der Waals surface area contributed by atoms with E-state index in [2.05, 4.69) is 25.7 Å². The summed E-state index contributed by atoms with van der Waals surface area (Å²) in [6.45, 7) is 10.0. The van der Waals surface area contributed by atoms with Gasteiger partial charge in [-0.1, -0.05) is 38.3 Å². The molecular formula is C12H24ClN. The summed E-state index contributed by atoms with van der Waals surface area (Å²) in [6.07, 6.45) is 5.12. The van der Waals surface area contributed by atoms with E-state index in [1.54, 1.807) is 5.54 Å². The molecule has 0 aliphatic rings. The molecule has 0 atom stereocenters. The molecule has 0 heterocycles. The van der Waals surface area contributed by atoms with Crippen LogP contribution in [0.25, 0.3) is 0 Å². The molecule has 14 heavy (non-hydrogen) atoms. The number of nitrogens with zero attached hydrogens (tertiary/aromatic N) is 1. The third-order valence-corrected chi connectivity index (χ3v) is 2.69. The highest BCUT2D eigenvalue weighted by molar-refractivity contribution is 6.25. The summed E-state index contributed by atoms with van der Waals surface area (Å²) in [5, 5.41) is 0. The van der Waals surface area contributed by atoms with Crippen LogP contribution in [0.5, 0.6) is 0 Å². The van der Waals surface area contributed by atoms with Gasteiger partial charge in [0.25, 0.3) is 0 Å². The fourth-order valence-electron chi connectivity index (χ4n) is 1.42. The van der Waals surface area contributed by atoms with Crippen molar-refractivity contribution in [1.29, 1.82) is 0 Å². The van der Waals surface area contributed by atoms with Crippen LogP contribution in [0.4, 0.5) is 0 Å². The molecule has 0 radical (unpaired) electrons. The maximum Gasteiger partial charge on any atom is 0.0201 e. The summed E-state index contributed by atoms with van der Waals surface area (Å²) >= 11 is 5.68. The predicted molar refractivity (Wildman–Crippen MR) is 65.9 cm³/mol. The van der Waals surface area contributed by atoms with Crippen LogP contribution < -0.4 is 0 Å². The standard InChI is InChI=1S/C12H24ClN/c1-4-6-8-14(9-7-5-2)11-12(3)10-13/h10H,4-9,11H2,1-3H3/b12-10+. The van der Waals surface area contributed by atoms with Crippen LogP contribution in [0.2, 0.25) is 0 Å². The molecule has 0 rings (SSSR count). The van der Waals surface area contributed by atoms with Gasteiger partial charge in [-0.25, -0.2) is 0 Å². The van der Waals surface area contributed by atoms with Crippen LogP contribution in [-0.2, 0) is 0 Å². The zero-order chi connectivity index (χ0) is 10.8. The van der Waals surface area contributed by atoms with Crippen LogP contribution in [0.3, 0.4) is 0 Å². The van der Waals surface area contributed by atoms with Crippen molar-refractivity contribution < 1.29 is 0 Å². The van der Waals surface area contributed by atoms with Gasteiger partial charge in [-0.3, -0.25) is 4.90 Å². The molecule has 0 aromatic heterocycles. The Morgan fingerprint density at radius 2 is 1.64 bits per heavy atom. The molecule has 2 heteroatoms. The first-order valence-electron chi connectivity index (χ1n) is 5.72. The molecule has 0 fully saturated rings. The topological polar surface area (TPSA) is 3.24 Å². The molecule has 0 aromatic carbocycles. The lowest BCUT2D eigenvalue weighted by molar-refractivity contribution is 0.286. The van der Waals surface area contributed by atoms with Gasteiger partial charge in [0.2, 0.25) is 0 Å².